The van der Waals surface area contributed by atoms with Gasteiger partial charge in [-0.3, -0.25) is 9.69 Å². The van der Waals surface area contributed by atoms with Gasteiger partial charge in [0.1, 0.15) is 5.75 Å². The zero-order valence-corrected chi connectivity index (χ0v) is 22.2. The van der Waals surface area contributed by atoms with Gasteiger partial charge in [0.15, 0.2) is 15.0 Å². The van der Waals surface area contributed by atoms with Crippen LogP contribution < -0.4 is 4.90 Å². The topological polar surface area (TPSA) is 70.6 Å². The molecule has 2 aromatic carbocycles. The Morgan fingerprint density at radius 1 is 0.939 bits per heavy atom. The average Bonchev–Trinajstić information content (AvgIpc) is 3.20. The van der Waals surface area contributed by atoms with Gasteiger partial charge >= 0.3 is 0 Å². The van der Waals surface area contributed by atoms with Crippen LogP contribution in [-0.2, 0) is 14.6 Å². The quantitative estimate of drug-likeness (QED) is 0.414. The molecule has 1 heterocycles. The SMILES string of the molecule is CCN(CC)CCN(C(=O)CS(=O)(=O)c1ccc(C)cc1)c1nc2c(C)ccc(C)c2s1.Cl. The summed E-state index contributed by atoms with van der Waals surface area (Å²) in [7, 11) is -3.75. The molecule has 0 aliphatic rings. The lowest BCUT2D eigenvalue weighted by molar-refractivity contribution is -0.116. The summed E-state index contributed by atoms with van der Waals surface area (Å²) in [5.74, 6) is -1.03. The van der Waals surface area contributed by atoms with Crippen LogP contribution in [0.4, 0.5) is 5.13 Å². The minimum absolute atomic E-state index is 0. The van der Waals surface area contributed by atoms with E-state index in [0.717, 1.165) is 40.0 Å². The maximum absolute atomic E-state index is 13.3. The number of nitrogens with zero attached hydrogens (tertiary/aromatic N) is 3. The first-order valence-electron chi connectivity index (χ1n) is 10.8. The van der Waals surface area contributed by atoms with Gasteiger partial charge in [-0.15, -0.1) is 12.4 Å². The van der Waals surface area contributed by atoms with Crippen LogP contribution in [-0.4, -0.2) is 56.1 Å². The van der Waals surface area contributed by atoms with Crippen molar-refractivity contribution in [3.8, 4) is 0 Å². The number of likely N-dealkylation sites (N-methyl/N-ethyl adjacent to an activating group) is 1. The van der Waals surface area contributed by atoms with Crippen molar-refractivity contribution in [2.24, 2.45) is 0 Å². The summed E-state index contributed by atoms with van der Waals surface area (Å²) in [6.45, 7) is 12.8. The van der Waals surface area contributed by atoms with E-state index in [9.17, 15) is 13.2 Å². The maximum atomic E-state index is 13.3. The Bertz CT molecular complexity index is 1160. The van der Waals surface area contributed by atoms with Gasteiger partial charge in [0.05, 0.1) is 15.1 Å². The Kier molecular flexibility index (Phi) is 9.43. The molecular weight excluding hydrogens is 478 g/mol. The molecule has 0 N–H and O–H groups in total. The summed E-state index contributed by atoms with van der Waals surface area (Å²) in [5, 5.41) is 0.550. The summed E-state index contributed by atoms with van der Waals surface area (Å²) in [5.41, 5.74) is 3.97. The third-order valence-corrected chi connectivity index (χ3v) is 8.52. The van der Waals surface area contributed by atoms with Gasteiger partial charge in [0, 0.05) is 13.1 Å². The van der Waals surface area contributed by atoms with Gasteiger partial charge in [-0.1, -0.05) is 55.0 Å². The summed E-state index contributed by atoms with van der Waals surface area (Å²) >= 11 is 1.45. The maximum Gasteiger partial charge on any atom is 0.244 e. The van der Waals surface area contributed by atoms with Crippen LogP contribution >= 0.6 is 23.7 Å². The van der Waals surface area contributed by atoms with Crippen molar-refractivity contribution < 1.29 is 13.2 Å². The highest BCUT2D eigenvalue weighted by atomic mass is 35.5. The number of amides is 1. The smallest absolute Gasteiger partial charge is 0.244 e. The summed E-state index contributed by atoms with van der Waals surface area (Å²) in [6, 6.07) is 10.7. The first-order valence-corrected chi connectivity index (χ1v) is 13.3. The fraction of sp³-hybridized carbons (Fsp3) is 0.417. The number of aryl methyl sites for hydroxylation is 3. The summed E-state index contributed by atoms with van der Waals surface area (Å²) < 4.78 is 26.9. The lowest BCUT2D eigenvalue weighted by atomic mass is 10.1. The van der Waals surface area contributed by atoms with E-state index in [1.165, 1.54) is 11.3 Å². The van der Waals surface area contributed by atoms with E-state index in [2.05, 4.69) is 18.7 Å². The fourth-order valence-corrected chi connectivity index (χ4v) is 5.89. The van der Waals surface area contributed by atoms with Gasteiger partial charge in [0.25, 0.3) is 0 Å². The standard InChI is InChI=1S/C24H31N3O3S2.ClH/c1-6-26(7-2)14-15-27(24-25-22-18(4)10-11-19(5)23(22)31-24)21(28)16-32(29,30)20-12-8-17(3)9-13-20;/h8-13H,6-7,14-16H2,1-5H3;1H. The second kappa shape index (κ2) is 11.4. The number of thiazole rings is 1. The van der Waals surface area contributed by atoms with Crippen molar-refractivity contribution >= 4 is 54.8 Å². The molecule has 3 aromatic rings. The molecule has 0 unspecified atom stereocenters. The molecule has 0 atom stereocenters. The van der Waals surface area contributed by atoms with Crippen molar-refractivity contribution in [1.82, 2.24) is 9.88 Å². The number of benzene rings is 2. The predicted molar refractivity (Wildman–Crippen MR) is 140 cm³/mol. The van der Waals surface area contributed by atoms with Gasteiger partial charge in [-0.05, 0) is 57.1 Å². The molecule has 0 spiro atoms. The van der Waals surface area contributed by atoms with Gasteiger partial charge in [-0.25, -0.2) is 13.4 Å². The number of carbonyl (C=O) groups excluding carboxylic acids is 1. The number of anilines is 1. The summed E-state index contributed by atoms with van der Waals surface area (Å²) in [6.07, 6.45) is 0. The highest BCUT2D eigenvalue weighted by molar-refractivity contribution is 7.92. The monoisotopic (exact) mass is 509 g/mol. The van der Waals surface area contributed by atoms with Crippen LogP contribution in [0.5, 0.6) is 0 Å². The molecule has 0 radical (unpaired) electrons. The van der Waals surface area contributed by atoms with Crippen LogP contribution in [0, 0.1) is 20.8 Å². The average molecular weight is 510 g/mol. The van der Waals surface area contributed by atoms with E-state index in [4.69, 9.17) is 4.98 Å². The molecular formula is C24H32ClN3O3S2. The van der Waals surface area contributed by atoms with Crippen molar-refractivity contribution in [3.63, 3.8) is 0 Å². The lowest BCUT2D eigenvalue weighted by Crippen LogP contribution is -2.41. The zero-order chi connectivity index (χ0) is 23.5. The Morgan fingerprint density at radius 3 is 2.12 bits per heavy atom. The van der Waals surface area contributed by atoms with Crippen LogP contribution in [0.15, 0.2) is 41.3 Å². The molecule has 180 valence electrons. The third kappa shape index (κ3) is 6.32. The fourth-order valence-electron chi connectivity index (χ4n) is 3.54. The lowest BCUT2D eigenvalue weighted by Gasteiger charge is -2.24. The molecule has 6 nitrogen and oxygen atoms in total. The predicted octanol–water partition coefficient (Wildman–Crippen LogP) is 4.79. The van der Waals surface area contributed by atoms with Crippen molar-refractivity contribution in [1.29, 1.82) is 0 Å². The molecule has 0 saturated heterocycles. The first-order chi connectivity index (χ1) is 15.2. The van der Waals surface area contributed by atoms with E-state index in [-0.39, 0.29) is 17.3 Å². The van der Waals surface area contributed by atoms with Crippen molar-refractivity contribution in [2.75, 3.05) is 36.8 Å². The van der Waals surface area contributed by atoms with E-state index >= 15 is 0 Å². The van der Waals surface area contributed by atoms with Crippen molar-refractivity contribution in [2.45, 2.75) is 39.5 Å². The Hall–Kier alpha value is -2.00. The number of rotatable bonds is 9. The number of carbonyl (C=O) groups is 1. The molecule has 0 saturated carbocycles. The zero-order valence-electron chi connectivity index (χ0n) is 19.8. The van der Waals surface area contributed by atoms with Crippen LogP contribution in [0.3, 0.4) is 0 Å². The largest absolute Gasteiger partial charge is 0.302 e. The van der Waals surface area contributed by atoms with Crippen LogP contribution in [0.1, 0.15) is 30.5 Å². The number of sulfone groups is 1. The van der Waals surface area contributed by atoms with Crippen molar-refractivity contribution in [3.05, 3.63) is 53.1 Å². The number of hydrogen-bond donors (Lipinski definition) is 0. The highest BCUT2D eigenvalue weighted by Crippen LogP contribution is 2.33. The van der Waals surface area contributed by atoms with Crippen LogP contribution in [0.25, 0.3) is 10.2 Å². The van der Waals surface area contributed by atoms with Crippen LogP contribution in [0.2, 0.25) is 0 Å². The molecule has 33 heavy (non-hydrogen) atoms. The summed E-state index contributed by atoms with van der Waals surface area (Å²) in [4.78, 5) is 22.0. The highest BCUT2D eigenvalue weighted by Gasteiger charge is 2.27. The molecule has 1 amide bonds. The number of aromatic nitrogens is 1. The number of hydrogen-bond acceptors (Lipinski definition) is 6. The number of fused-ring (bicyclic) bond motifs is 1. The van der Waals surface area contributed by atoms with Gasteiger partial charge in [-0.2, -0.15) is 0 Å². The number of halogens is 1. The van der Waals surface area contributed by atoms with E-state index < -0.39 is 21.5 Å². The minimum Gasteiger partial charge on any atom is -0.302 e. The Morgan fingerprint density at radius 2 is 1.55 bits per heavy atom. The molecule has 0 aliphatic carbocycles. The Labute approximate surface area is 207 Å². The third-order valence-electron chi connectivity index (χ3n) is 5.69. The second-order valence-electron chi connectivity index (χ2n) is 8.02. The first kappa shape index (κ1) is 27.2. The molecule has 3 rings (SSSR count). The Balaban J connectivity index is 0.00000385. The molecule has 0 aliphatic heterocycles. The van der Waals surface area contributed by atoms with Gasteiger partial charge < -0.3 is 4.90 Å². The van der Waals surface area contributed by atoms with E-state index in [0.29, 0.717) is 18.2 Å². The van der Waals surface area contributed by atoms with E-state index in [1.54, 1.807) is 29.2 Å². The second-order valence-corrected chi connectivity index (χ2v) is 11.0. The molecule has 0 fully saturated rings. The molecule has 0 bridgehead atoms. The molecule has 1 aromatic heterocycles. The van der Waals surface area contributed by atoms with Gasteiger partial charge in [0.2, 0.25) is 5.91 Å². The molecule has 9 heteroatoms. The van der Waals surface area contributed by atoms with E-state index in [1.807, 2.05) is 32.9 Å². The normalized spacial score (nSPS) is 11.6. The minimum atomic E-state index is -3.75.